The van der Waals surface area contributed by atoms with E-state index in [9.17, 15) is 18.4 Å². The smallest absolute Gasteiger partial charge is 0.368 e. The summed E-state index contributed by atoms with van der Waals surface area (Å²) < 4.78 is 38.7. The van der Waals surface area contributed by atoms with Crippen molar-refractivity contribution in [1.82, 2.24) is 9.97 Å². The third-order valence-electron chi connectivity index (χ3n) is 4.09. The van der Waals surface area contributed by atoms with E-state index in [1.54, 1.807) is 13.2 Å². The Morgan fingerprint density at radius 1 is 1.33 bits per heavy atom. The van der Waals surface area contributed by atoms with Crippen molar-refractivity contribution in [2.24, 2.45) is 4.99 Å². The maximum atomic E-state index is 12.9. The van der Waals surface area contributed by atoms with Gasteiger partial charge in [-0.05, 0) is 36.9 Å². The Balaban J connectivity index is 1.84. The average molecular weight is 392 g/mol. The highest BCUT2D eigenvalue weighted by molar-refractivity contribution is 7.98. The molecule has 6 nitrogen and oxygen atoms in total. The zero-order chi connectivity index (χ0) is 19.8. The van der Waals surface area contributed by atoms with Crippen molar-refractivity contribution in [3.05, 3.63) is 34.9 Å². The van der Waals surface area contributed by atoms with Crippen molar-refractivity contribution in [2.45, 2.75) is 30.6 Å². The predicted octanol–water partition coefficient (Wildman–Crippen LogP) is 3.80. The minimum atomic E-state index is -4.39. The van der Waals surface area contributed by atoms with Crippen LogP contribution in [0.5, 0.6) is 0 Å². The molecule has 140 valence electrons. The summed E-state index contributed by atoms with van der Waals surface area (Å²) in [5, 5.41) is 12.9. The third-order valence-corrected chi connectivity index (χ3v) is 4.78. The molecule has 0 aliphatic carbocycles. The fourth-order valence-electron chi connectivity index (χ4n) is 2.75. The first-order valence-corrected chi connectivity index (χ1v) is 9.11. The lowest BCUT2D eigenvalue weighted by Gasteiger charge is -2.16. The van der Waals surface area contributed by atoms with Crippen LogP contribution in [0.2, 0.25) is 0 Å². The number of thioether (sulfide) groups is 1. The number of anilines is 2. The first kappa shape index (κ1) is 19.0. The summed E-state index contributed by atoms with van der Waals surface area (Å²) in [7, 11) is 0. The highest BCUT2D eigenvalue weighted by Crippen LogP contribution is 2.35. The van der Waals surface area contributed by atoms with Gasteiger partial charge in [-0.2, -0.15) is 23.4 Å². The highest BCUT2D eigenvalue weighted by Gasteiger charge is 2.32. The van der Waals surface area contributed by atoms with Gasteiger partial charge >= 0.3 is 6.18 Å². The number of aliphatic imine (C=N–C) groups is 1. The van der Waals surface area contributed by atoms with Crippen LogP contribution in [-0.4, -0.2) is 28.0 Å². The third kappa shape index (κ3) is 3.83. The van der Waals surface area contributed by atoms with E-state index in [-0.39, 0.29) is 29.8 Å². The number of benzene rings is 1. The molecule has 3 rings (SSSR count). The predicted molar refractivity (Wildman–Crippen MR) is 98.3 cm³/mol. The fourth-order valence-corrected chi connectivity index (χ4v) is 3.28. The molecule has 2 heterocycles. The molecule has 3 N–H and O–H groups in total. The lowest BCUT2D eigenvalue weighted by Crippen LogP contribution is -2.27. The molecule has 1 aliphatic rings. The topological polar surface area (TPSA) is 100.0 Å². The Morgan fingerprint density at radius 3 is 2.70 bits per heavy atom. The van der Waals surface area contributed by atoms with Crippen molar-refractivity contribution < 1.29 is 13.2 Å². The van der Waals surface area contributed by atoms with Gasteiger partial charge in [-0.1, -0.05) is 0 Å². The number of alkyl halides is 3. The van der Waals surface area contributed by atoms with E-state index < -0.39 is 11.7 Å². The number of rotatable bonds is 4. The molecule has 2 aromatic rings. The lowest BCUT2D eigenvalue weighted by molar-refractivity contribution is -0.137. The van der Waals surface area contributed by atoms with Crippen molar-refractivity contribution >= 4 is 34.9 Å². The van der Waals surface area contributed by atoms with Crippen molar-refractivity contribution in [2.75, 3.05) is 17.3 Å². The van der Waals surface area contributed by atoms with E-state index in [4.69, 9.17) is 5.73 Å². The van der Waals surface area contributed by atoms with Gasteiger partial charge in [0.25, 0.3) is 0 Å². The van der Waals surface area contributed by atoms with E-state index in [1.807, 2.05) is 0 Å². The van der Waals surface area contributed by atoms with Crippen LogP contribution >= 0.6 is 11.8 Å². The average Bonchev–Trinajstić information content (AvgIpc) is 3.03. The van der Waals surface area contributed by atoms with Gasteiger partial charge in [0, 0.05) is 12.1 Å². The Labute approximate surface area is 157 Å². The molecule has 0 spiro atoms. The molecule has 27 heavy (non-hydrogen) atoms. The number of nitrogens with two attached hydrogens (primary N) is 1. The summed E-state index contributed by atoms with van der Waals surface area (Å²) in [6.07, 6.45) is -2.34. The Kier molecular flexibility index (Phi) is 4.97. The van der Waals surface area contributed by atoms with E-state index in [0.717, 1.165) is 12.1 Å². The van der Waals surface area contributed by atoms with Gasteiger partial charge in [-0.25, -0.2) is 4.98 Å². The van der Waals surface area contributed by atoms with E-state index in [2.05, 4.69) is 26.3 Å². The van der Waals surface area contributed by atoms with Gasteiger partial charge in [0.2, 0.25) is 5.95 Å². The van der Waals surface area contributed by atoms with Crippen LogP contribution in [0.3, 0.4) is 0 Å². The molecule has 1 aromatic heterocycles. The number of hydrogen-bond acceptors (Lipinski definition) is 7. The molecule has 0 radical (unpaired) electrons. The monoisotopic (exact) mass is 392 g/mol. The molecule has 1 aromatic carbocycles. The van der Waals surface area contributed by atoms with Crippen molar-refractivity contribution in [1.29, 1.82) is 5.26 Å². The maximum Gasteiger partial charge on any atom is 0.416 e. The molecule has 0 fully saturated rings. The normalized spacial score (nSPS) is 14.3. The molecular formula is C17H15F3N6S. The van der Waals surface area contributed by atoms with Gasteiger partial charge in [-0.15, -0.1) is 11.8 Å². The van der Waals surface area contributed by atoms with Crippen LogP contribution in [0.15, 0.2) is 28.2 Å². The fraction of sp³-hybridized carbons (Fsp3) is 0.294. The number of halogens is 3. The van der Waals surface area contributed by atoms with E-state index >= 15 is 0 Å². The Morgan fingerprint density at radius 2 is 2.07 bits per heavy atom. The lowest BCUT2D eigenvalue weighted by atomic mass is 10.0. The van der Waals surface area contributed by atoms with Gasteiger partial charge < -0.3 is 11.1 Å². The quantitative estimate of drug-likeness (QED) is 0.606. The van der Waals surface area contributed by atoms with Gasteiger partial charge in [0.1, 0.15) is 16.7 Å². The molecule has 0 saturated carbocycles. The van der Waals surface area contributed by atoms with Gasteiger partial charge in [0.05, 0.1) is 17.3 Å². The van der Waals surface area contributed by atoms with Crippen LogP contribution < -0.4 is 11.1 Å². The van der Waals surface area contributed by atoms with Crippen LogP contribution in [-0.2, 0) is 12.6 Å². The molecule has 0 bridgehead atoms. The largest absolute Gasteiger partial charge is 0.416 e. The summed E-state index contributed by atoms with van der Waals surface area (Å²) in [5.41, 5.74) is 6.94. The Bertz CT molecular complexity index is 964. The standard InChI is InChI=1S/C17H15F3N6S/c1-8(23-14-11(7-21)15(27-2)26-16(22)25-14)13-6-9-5-10(17(18,19)20)3-4-12(9)24-13/h3-5,8H,6H2,1-2H3,(H3,22,23,25,26)/t8-/m0/s1. The zero-order valence-electron chi connectivity index (χ0n) is 14.4. The van der Waals surface area contributed by atoms with E-state index in [0.29, 0.717) is 22.0 Å². The number of nitrogen functional groups attached to an aromatic ring is 1. The summed E-state index contributed by atoms with van der Waals surface area (Å²) in [4.78, 5) is 12.5. The number of hydrogen-bond donors (Lipinski definition) is 2. The summed E-state index contributed by atoms with van der Waals surface area (Å²) >= 11 is 1.27. The number of aromatic nitrogens is 2. The Hall–Kier alpha value is -2.80. The first-order chi connectivity index (χ1) is 12.7. The zero-order valence-corrected chi connectivity index (χ0v) is 15.2. The summed E-state index contributed by atoms with van der Waals surface area (Å²) in [6, 6.07) is 5.20. The van der Waals surface area contributed by atoms with Crippen molar-refractivity contribution in [3.8, 4) is 6.07 Å². The first-order valence-electron chi connectivity index (χ1n) is 7.88. The maximum absolute atomic E-state index is 12.9. The SMILES string of the molecule is CSc1nc(N)nc(N[C@@H](C)C2=Nc3ccc(C(F)(F)F)cc3C2)c1C#N. The van der Waals surface area contributed by atoms with E-state index in [1.165, 1.54) is 17.8 Å². The second-order valence-corrected chi connectivity index (χ2v) is 6.71. The highest BCUT2D eigenvalue weighted by atomic mass is 32.2. The summed E-state index contributed by atoms with van der Waals surface area (Å²) in [6.45, 7) is 1.80. The van der Waals surface area contributed by atoms with Gasteiger partial charge in [-0.3, -0.25) is 4.99 Å². The van der Waals surface area contributed by atoms with Crippen LogP contribution in [0, 0.1) is 11.3 Å². The van der Waals surface area contributed by atoms with Gasteiger partial charge in [0.15, 0.2) is 5.82 Å². The minimum absolute atomic E-state index is 0.0273. The van der Waals surface area contributed by atoms with Crippen LogP contribution in [0.1, 0.15) is 23.6 Å². The number of fused-ring (bicyclic) bond motifs is 1. The number of nitrogens with zero attached hydrogens (tertiary/aromatic N) is 4. The van der Waals surface area contributed by atoms with Crippen LogP contribution in [0.25, 0.3) is 0 Å². The van der Waals surface area contributed by atoms with Crippen LogP contribution in [0.4, 0.5) is 30.6 Å². The van der Waals surface area contributed by atoms with Crippen molar-refractivity contribution in [3.63, 3.8) is 0 Å². The minimum Gasteiger partial charge on any atom is -0.368 e. The number of nitriles is 1. The second-order valence-electron chi connectivity index (χ2n) is 5.91. The molecule has 0 saturated heterocycles. The molecular weight excluding hydrogens is 377 g/mol. The second kappa shape index (κ2) is 7.08. The molecule has 10 heteroatoms. The molecule has 0 amide bonds. The molecule has 1 aliphatic heterocycles. The number of nitrogens with one attached hydrogen (secondary N) is 1. The molecule has 1 atom stereocenters. The molecule has 0 unspecified atom stereocenters. The summed E-state index contributed by atoms with van der Waals surface area (Å²) in [5.74, 6) is 0.302.